The Morgan fingerprint density at radius 1 is 1.09 bits per heavy atom. The van der Waals surface area contributed by atoms with Crippen molar-refractivity contribution >= 4 is 5.78 Å². The predicted molar refractivity (Wildman–Crippen MR) is 91.9 cm³/mol. The molecule has 0 spiro atoms. The fraction of sp³-hybridized carbons (Fsp3) is 0.857. The Balaban J connectivity index is 1.71. The molecular formula is C21H32O2. The first kappa shape index (κ1) is 15.9. The Morgan fingerprint density at radius 2 is 1.83 bits per heavy atom. The van der Waals surface area contributed by atoms with E-state index >= 15 is 0 Å². The van der Waals surface area contributed by atoms with Gasteiger partial charge in [-0.3, -0.25) is 4.79 Å². The molecule has 1 unspecified atom stereocenters. The quantitative estimate of drug-likeness (QED) is 0.713. The summed E-state index contributed by atoms with van der Waals surface area (Å²) < 4.78 is 0. The number of allylic oxidation sites excluding steroid dienone is 1. The van der Waals surface area contributed by atoms with Crippen LogP contribution in [0.5, 0.6) is 0 Å². The molecule has 3 saturated carbocycles. The molecule has 2 nitrogen and oxygen atoms in total. The monoisotopic (exact) mass is 316 g/mol. The van der Waals surface area contributed by atoms with Crippen molar-refractivity contribution in [3.63, 3.8) is 0 Å². The molecule has 0 aromatic rings. The maximum absolute atomic E-state index is 11.9. The van der Waals surface area contributed by atoms with E-state index in [1.165, 1.54) is 24.8 Å². The summed E-state index contributed by atoms with van der Waals surface area (Å²) in [5.74, 6) is 2.85. The van der Waals surface area contributed by atoms with E-state index in [1.807, 2.05) is 6.08 Å². The van der Waals surface area contributed by atoms with Crippen LogP contribution in [-0.4, -0.2) is 16.5 Å². The normalized spacial score (nSPS) is 55.7. The number of aliphatic hydroxyl groups is 1. The van der Waals surface area contributed by atoms with Gasteiger partial charge in [-0.1, -0.05) is 26.3 Å². The highest BCUT2D eigenvalue weighted by molar-refractivity contribution is 5.91. The van der Waals surface area contributed by atoms with Crippen molar-refractivity contribution in [3.8, 4) is 0 Å². The van der Waals surface area contributed by atoms with Crippen LogP contribution in [0.2, 0.25) is 0 Å². The van der Waals surface area contributed by atoms with E-state index in [-0.39, 0.29) is 10.8 Å². The number of hydrogen-bond donors (Lipinski definition) is 1. The third kappa shape index (κ3) is 1.88. The predicted octanol–water partition coefficient (Wildman–Crippen LogP) is 4.52. The molecule has 4 aliphatic rings. The Hall–Kier alpha value is -0.630. The first-order valence-electron chi connectivity index (χ1n) is 9.66. The molecule has 128 valence electrons. The molecule has 0 amide bonds. The maximum atomic E-state index is 11.9. The molecular weight excluding hydrogens is 284 g/mol. The Morgan fingerprint density at radius 3 is 2.57 bits per heavy atom. The summed E-state index contributed by atoms with van der Waals surface area (Å²) in [5.41, 5.74) is 1.24. The van der Waals surface area contributed by atoms with Gasteiger partial charge in [0.1, 0.15) is 0 Å². The average molecular weight is 316 g/mol. The van der Waals surface area contributed by atoms with Crippen molar-refractivity contribution in [3.05, 3.63) is 11.6 Å². The van der Waals surface area contributed by atoms with E-state index in [4.69, 9.17) is 0 Å². The summed E-state index contributed by atoms with van der Waals surface area (Å²) in [4.78, 5) is 11.9. The lowest BCUT2D eigenvalue weighted by Gasteiger charge is -2.59. The zero-order chi connectivity index (χ0) is 16.6. The molecule has 4 aliphatic carbocycles. The van der Waals surface area contributed by atoms with Crippen LogP contribution >= 0.6 is 0 Å². The SMILES string of the molecule is CC1C[C@H]2[C@@H]3CCC4=CC(=O)CC[C@]4(C)[C@H]3CC[C@]2(C)[C@@]1(C)O. The van der Waals surface area contributed by atoms with Gasteiger partial charge in [0, 0.05) is 6.42 Å². The van der Waals surface area contributed by atoms with Crippen LogP contribution in [0.3, 0.4) is 0 Å². The summed E-state index contributed by atoms with van der Waals surface area (Å²) >= 11 is 0. The molecule has 0 aromatic heterocycles. The van der Waals surface area contributed by atoms with Gasteiger partial charge in [-0.15, -0.1) is 0 Å². The van der Waals surface area contributed by atoms with Crippen LogP contribution in [0.4, 0.5) is 0 Å². The van der Waals surface area contributed by atoms with E-state index in [1.54, 1.807) is 0 Å². The summed E-state index contributed by atoms with van der Waals surface area (Å²) in [5, 5.41) is 11.2. The summed E-state index contributed by atoms with van der Waals surface area (Å²) in [6, 6.07) is 0. The lowest BCUT2D eigenvalue weighted by molar-refractivity contribution is -0.130. The van der Waals surface area contributed by atoms with E-state index in [0.717, 1.165) is 37.5 Å². The number of fused-ring (bicyclic) bond motifs is 5. The molecule has 7 atom stereocenters. The van der Waals surface area contributed by atoms with Gasteiger partial charge in [0.15, 0.2) is 5.78 Å². The number of hydrogen-bond acceptors (Lipinski definition) is 2. The van der Waals surface area contributed by atoms with Crippen LogP contribution < -0.4 is 0 Å². The van der Waals surface area contributed by atoms with Crippen LogP contribution in [0.25, 0.3) is 0 Å². The summed E-state index contributed by atoms with van der Waals surface area (Å²) in [6.45, 7) is 9.12. The third-order valence-corrected chi connectivity index (χ3v) is 9.07. The zero-order valence-electron chi connectivity index (χ0n) is 15.2. The first-order chi connectivity index (χ1) is 10.7. The van der Waals surface area contributed by atoms with Gasteiger partial charge in [0.05, 0.1) is 5.60 Å². The summed E-state index contributed by atoms with van der Waals surface area (Å²) in [7, 11) is 0. The van der Waals surface area contributed by atoms with E-state index < -0.39 is 5.60 Å². The Bertz CT molecular complexity index is 574. The molecule has 2 heteroatoms. The molecule has 0 bridgehead atoms. The van der Waals surface area contributed by atoms with Gasteiger partial charge < -0.3 is 5.11 Å². The molecule has 0 saturated heterocycles. The van der Waals surface area contributed by atoms with Crippen LogP contribution in [0, 0.1) is 34.5 Å². The Kier molecular flexibility index (Phi) is 3.25. The van der Waals surface area contributed by atoms with Crippen molar-refractivity contribution in [2.75, 3.05) is 0 Å². The van der Waals surface area contributed by atoms with Crippen LogP contribution in [0.15, 0.2) is 11.6 Å². The minimum Gasteiger partial charge on any atom is -0.389 e. The van der Waals surface area contributed by atoms with Gasteiger partial charge in [0.2, 0.25) is 0 Å². The maximum Gasteiger partial charge on any atom is 0.155 e. The first-order valence-corrected chi connectivity index (χ1v) is 9.66. The lowest BCUT2D eigenvalue weighted by Crippen LogP contribution is -2.54. The fourth-order valence-electron chi connectivity index (χ4n) is 7.12. The van der Waals surface area contributed by atoms with Crippen molar-refractivity contribution in [1.82, 2.24) is 0 Å². The fourth-order valence-corrected chi connectivity index (χ4v) is 7.12. The lowest BCUT2D eigenvalue weighted by atomic mass is 9.46. The Labute approximate surface area is 140 Å². The second-order valence-electron chi connectivity index (χ2n) is 9.71. The van der Waals surface area contributed by atoms with Gasteiger partial charge in [0.25, 0.3) is 0 Å². The smallest absolute Gasteiger partial charge is 0.155 e. The van der Waals surface area contributed by atoms with E-state index in [2.05, 4.69) is 27.7 Å². The molecule has 0 heterocycles. The molecule has 4 rings (SSSR count). The molecule has 0 radical (unpaired) electrons. The molecule has 0 aromatic carbocycles. The highest BCUT2D eigenvalue weighted by Crippen LogP contribution is 2.68. The second-order valence-corrected chi connectivity index (χ2v) is 9.71. The minimum absolute atomic E-state index is 0.0790. The van der Waals surface area contributed by atoms with E-state index in [0.29, 0.717) is 17.6 Å². The number of carbonyl (C=O) groups is 1. The van der Waals surface area contributed by atoms with Gasteiger partial charge >= 0.3 is 0 Å². The van der Waals surface area contributed by atoms with Gasteiger partial charge in [-0.2, -0.15) is 0 Å². The average Bonchev–Trinajstić information content (AvgIpc) is 2.67. The van der Waals surface area contributed by atoms with Crippen molar-refractivity contribution in [2.24, 2.45) is 34.5 Å². The van der Waals surface area contributed by atoms with Gasteiger partial charge in [-0.05, 0) is 86.0 Å². The topological polar surface area (TPSA) is 37.3 Å². The summed E-state index contributed by atoms with van der Waals surface area (Å²) in [6.07, 6.45) is 9.65. The van der Waals surface area contributed by atoms with Crippen LogP contribution in [-0.2, 0) is 4.79 Å². The van der Waals surface area contributed by atoms with Crippen molar-refractivity contribution < 1.29 is 9.90 Å². The molecule has 23 heavy (non-hydrogen) atoms. The van der Waals surface area contributed by atoms with Crippen molar-refractivity contribution in [2.45, 2.75) is 78.2 Å². The second kappa shape index (κ2) is 4.71. The molecule has 1 N–H and O–H groups in total. The standard InChI is InChI=1S/C21H32O2/c1-13-11-18-16-6-5-14-12-15(22)7-9-19(14,2)17(16)8-10-20(18,3)21(13,4)23/h12-13,16-18,23H,5-11H2,1-4H3/t13?,16-,17+,18+,19+,20+,21+/m1/s1. The van der Waals surface area contributed by atoms with Gasteiger partial charge in [-0.25, -0.2) is 0 Å². The molecule has 3 fully saturated rings. The highest BCUT2D eigenvalue weighted by atomic mass is 16.3. The van der Waals surface area contributed by atoms with Crippen LogP contribution in [0.1, 0.15) is 72.6 Å². The minimum atomic E-state index is -0.526. The number of ketones is 1. The third-order valence-electron chi connectivity index (χ3n) is 9.07. The number of rotatable bonds is 0. The highest BCUT2D eigenvalue weighted by Gasteiger charge is 2.64. The largest absolute Gasteiger partial charge is 0.389 e. The molecule has 0 aliphatic heterocycles. The number of carbonyl (C=O) groups excluding carboxylic acids is 1. The zero-order valence-corrected chi connectivity index (χ0v) is 15.2. The van der Waals surface area contributed by atoms with Crippen molar-refractivity contribution in [1.29, 1.82) is 0 Å². The van der Waals surface area contributed by atoms with E-state index in [9.17, 15) is 9.90 Å².